The molecule has 1 aliphatic rings. The van der Waals surface area contributed by atoms with E-state index in [4.69, 9.17) is 23.2 Å². The Labute approximate surface area is 186 Å². The zero-order valence-electron chi connectivity index (χ0n) is 17.4. The van der Waals surface area contributed by atoms with Crippen molar-refractivity contribution < 1.29 is 4.79 Å². The largest absolute Gasteiger partial charge is 0.378 e. The minimum atomic E-state index is -0.439. The molecule has 0 radical (unpaired) electrons. The third-order valence-electron chi connectivity index (χ3n) is 5.37. The number of nitrogens with zero attached hydrogens (tertiary/aromatic N) is 3. The number of nitrogens with one attached hydrogen (secondary N) is 1. The second kappa shape index (κ2) is 7.97. The van der Waals surface area contributed by atoms with Gasteiger partial charge in [0.1, 0.15) is 5.69 Å². The van der Waals surface area contributed by atoms with Gasteiger partial charge in [-0.05, 0) is 48.7 Å². The lowest BCUT2D eigenvalue weighted by Crippen LogP contribution is -2.30. The van der Waals surface area contributed by atoms with Crippen molar-refractivity contribution in [3.8, 4) is 0 Å². The Hall–Kier alpha value is -2.50. The van der Waals surface area contributed by atoms with Gasteiger partial charge in [-0.15, -0.1) is 0 Å². The summed E-state index contributed by atoms with van der Waals surface area (Å²) in [5.74, 6) is 0.259. The Bertz CT molecular complexity index is 1070. The van der Waals surface area contributed by atoms with Crippen LogP contribution in [0, 0.1) is 5.92 Å². The van der Waals surface area contributed by atoms with E-state index in [2.05, 4.69) is 24.0 Å². The molecule has 7 heteroatoms. The molecule has 2 aromatic carbocycles. The number of hydrogen-bond donors (Lipinski definition) is 1. The Morgan fingerprint density at radius 1 is 1.07 bits per heavy atom. The molecule has 0 saturated carbocycles. The highest BCUT2D eigenvalue weighted by molar-refractivity contribution is 6.36. The molecular weight excluding hydrogens is 419 g/mol. The number of fused-ring (bicyclic) bond motifs is 1. The lowest BCUT2D eigenvalue weighted by molar-refractivity contribution is 0.0989. The van der Waals surface area contributed by atoms with Gasteiger partial charge in [-0.1, -0.05) is 43.1 Å². The number of aromatic amines is 1. The van der Waals surface area contributed by atoms with Crippen molar-refractivity contribution in [2.75, 3.05) is 23.9 Å². The van der Waals surface area contributed by atoms with E-state index in [1.807, 2.05) is 49.3 Å². The summed E-state index contributed by atoms with van der Waals surface area (Å²) in [5.41, 5.74) is 4.80. The molecule has 5 nitrogen and oxygen atoms in total. The van der Waals surface area contributed by atoms with Gasteiger partial charge in [0.15, 0.2) is 0 Å². The van der Waals surface area contributed by atoms with E-state index in [1.54, 1.807) is 17.0 Å². The van der Waals surface area contributed by atoms with E-state index in [0.29, 0.717) is 21.7 Å². The van der Waals surface area contributed by atoms with Crippen molar-refractivity contribution in [3.05, 3.63) is 75.0 Å². The van der Waals surface area contributed by atoms with E-state index in [1.165, 1.54) is 0 Å². The van der Waals surface area contributed by atoms with Crippen molar-refractivity contribution in [1.82, 2.24) is 10.2 Å². The van der Waals surface area contributed by atoms with Crippen molar-refractivity contribution in [3.63, 3.8) is 0 Å². The van der Waals surface area contributed by atoms with E-state index < -0.39 is 6.04 Å². The molecule has 1 atom stereocenters. The van der Waals surface area contributed by atoms with E-state index in [0.717, 1.165) is 34.6 Å². The molecular formula is C23H24Cl2N4O. The van der Waals surface area contributed by atoms with Gasteiger partial charge in [0.2, 0.25) is 0 Å². The zero-order valence-corrected chi connectivity index (χ0v) is 18.9. The standard InChI is InChI=1S/C23H24Cl2N4O/c1-13(2)12-18-20-21(27-26-18)23(30)29(15-10-8-14(9-11-15)28(3)4)22(20)19-16(24)6-5-7-17(19)25/h5-11,13,22H,12H2,1-4H3,(H,26,27). The van der Waals surface area contributed by atoms with Crippen LogP contribution in [0.4, 0.5) is 11.4 Å². The highest BCUT2D eigenvalue weighted by Gasteiger charge is 2.44. The molecule has 30 heavy (non-hydrogen) atoms. The molecule has 0 bridgehead atoms. The number of amides is 1. The van der Waals surface area contributed by atoms with Crippen molar-refractivity contribution in [2.24, 2.45) is 5.92 Å². The fraction of sp³-hybridized carbons (Fsp3) is 0.304. The first-order valence-corrected chi connectivity index (χ1v) is 10.7. The fourth-order valence-corrected chi connectivity index (χ4v) is 4.58. The molecule has 2 heterocycles. The van der Waals surface area contributed by atoms with Crippen LogP contribution >= 0.6 is 23.2 Å². The van der Waals surface area contributed by atoms with E-state index in [-0.39, 0.29) is 5.91 Å². The molecule has 1 amide bonds. The molecule has 3 aromatic rings. The maximum Gasteiger partial charge on any atom is 0.277 e. The number of rotatable bonds is 5. The second-order valence-electron chi connectivity index (χ2n) is 8.18. The van der Waals surface area contributed by atoms with E-state index >= 15 is 0 Å². The van der Waals surface area contributed by atoms with Crippen molar-refractivity contribution >= 4 is 40.5 Å². The molecule has 0 fully saturated rings. The van der Waals surface area contributed by atoms with Crippen LogP contribution in [0.25, 0.3) is 0 Å². The van der Waals surface area contributed by atoms with Crippen LogP contribution in [0.5, 0.6) is 0 Å². The van der Waals surface area contributed by atoms with Gasteiger partial charge >= 0.3 is 0 Å². The minimum absolute atomic E-state index is 0.133. The average Bonchev–Trinajstić information content (AvgIpc) is 3.21. The maximum atomic E-state index is 13.5. The number of carbonyl (C=O) groups excluding carboxylic acids is 1. The topological polar surface area (TPSA) is 52.2 Å². The van der Waals surface area contributed by atoms with Gasteiger partial charge in [0.25, 0.3) is 5.91 Å². The number of anilines is 2. The summed E-state index contributed by atoms with van der Waals surface area (Å²) in [6.45, 7) is 4.26. The maximum absolute atomic E-state index is 13.5. The molecule has 0 aliphatic carbocycles. The van der Waals surface area contributed by atoms with E-state index in [9.17, 15) is 4.79 Å². The smallest absolute Gasteiger partial charge is 0.277 e. The number of aromatic nitrogens is 2. The quantitative estimate of drug-likeness (QED) is 0.548. The van der Waals surface area contributed by atoms with Gasteiger partial charge in [-0.3, -0.25) is 14.8 Å². The van der Waals surface area contributed by atoms with Crippen LogP contribution in [0.15, 0.2) is 42.5 Å². The summed E-state index contributed by atoms with van der Waals surface area (Å²) in [6, 6.07) is 12.9. The van der Waals surface area contributed by atoms with Crippen molar-refractivity contribution in [1.29, 1.82) is 0 Å². The van der Waals surface area contributed by atoms with Crippen LogP contribution < -0.4 is 9.80 Å². The summed E-state index contributed by atoms with van der Waals surface area (Å²) < 4.78 is 0. The second-order valence-corrected chi connectivity index (χ2v) is 9.00. The number of carbonyl (C=O) groups is 1. The zero-order chi connectivity index (χ0) is 21.6. The predicted octanol–water partition coefficient (Wildman–Crippen LogP) is 5.73. The minimum Gasteiger partial charge on any atom is -0.378 e. The summed E-state index contributed by atoms with van der Waals surface area (Å²) in [7, 11) is 3.97. The molecule has 156 valence electrons. The van der Waals surface area contributed by atoms with Crippen LogP contribution in [0.1, 0.15) is 47.2 Å². The first kappa shape index (κ1) is 20.8. The monoisotopic (exact) mass is 442 g/mol. The Morgan fingerprint density at radius 2 is 1.70 bits per heavy atom. The summed E-state index contributed by atoms with van der Waals surface area (Å²) in [4.78, 5) is 17.3. The van der Waals surface area contributed by atoms with Crippen LogP contribution in [-0.4, -0.2) is 30.2 Å². The fourth-order valence-electron chi connectivity index (χ4n) is 3.98. The third-order valence-corrected chi connectivity index (χ3v) is 6.03. The number of benzene rings is 2. The number of hydrogen-bond acceptors (Lipinski definition) is 3. The average molecular weight is 443 g/mol. The lowest BCUT2D eigenvalue weighted by atomic mass is 9.95. The Morgan fingerprint density at radius 3 is 2.27 bits per heavy atom. The van der Waals surface area contributed by atoms with Crippen LogP contribution in [0.3, 0.4) is 0 Å². The van der Waals surface area contributed by atoms with Gasteiger partial charge in [-0.2, -0.15) is 5.10 Å². The predicted molar refractivity (Wildman–Crippen MR) is 123 cm³/mol. The summed E-state index contributed by atoms with van der Waals surface area (Å²) in [5, 5.41) is 8.49. The van der Waals surface area contributed by atoms with Gasteiger partial charge < -0.3 is 4.90 Å². The summed E-state index contributed by atoms with van der Waals surface area (Å²) >= 11 is 13.2. The normalized spacial score (nSPS) is 15.8. The van der Waals surface area contributed by atoms with Crippen LogP contribution in [0.2, 0.25) is 10.0 Å². The number of H-pyrrole nitrogens is 1. The molecule has 0 saturated heterocycles. The molecule has 1 N–H and O–H groups in total. The third kappa shape index (κ3) is 3.46. The molecule has 1 unspecified atom stereocenters. The molecule has 1 aromatic heterocycles. The highest BCUT2D eigenvalue weighted by atomic mass is 35.5. The molecule has 1 aliphatic heterocycles. The van der Waals surface area contributed by atoms with Gasteiger partial charge in [0, 0.05) is 46.6 Å². The highest BCUT2D eigenvalue weighted by Crippen LogP contribution is 2.47. The Kier molecular flexibility index (Phi) is 5.51. The Balaban J connectivity index is 1.91. The number of halogens is 2. The summed E-state index contributed by atoms with van der Waals surface area (Å²) in [6.07, 6.45) is 0.755. The lowest BCUT2D eigenvalue weighted by Gasteiger charge is -2.28. The van der Waals surface area contributed by atoms with Gasteiger partial charge in [0.05, 0.1) is 11.7 Å². The van der Waals surface area contributed by atoms with Crippen molar-refractivity contribution in [2.45, 2.75) is 26.3 Å². The first-order valence-electron chi connectivity index (χ1n) is 9.91. The van der Waals surface area contributed by atoms with Gasteiger partial charge in [-0.25, -0.2) is 0 Å². The first-order chi connectivity index (χ1) is 14.3. The SMILES string of the molecule is CC(C)Cc1n[nH]c2c1C(c1c(Cl)cccc1Cl)N(c1ccc(N(C)C)cc1)C2=O. The molecule has 0 spiro atoms. The molecule has 4 rings (SSSR count). The van der Waals surface area contributed by atoms with Crippen LogP contribution in [-0.2, 0) is 6.42 Å².